The molecule has 2 aromatic rings. The van der Waals surface area contributed by atoms with E-state index in [0.29, 0.717) is 22.2 Å². The van der Waals surface area contributed by atoms with Crippen molar-refractivity contribution >= 4 is 41.2 Å². The van der Waals surface area contributed by atoms with Crippen LogP contribution in [0.1, 0.15) is 17.0 Å². The molecule has 0 radical (unpaired) electrons. The average molecular weight is 376 g/mol. The minimum Gasteiger partial charge on any atom is -0.355 e. The van der Waals surface area contributed by atoms with Crippen LogP contribution in [-0.2, 0) is 9.59 Å². The van der Waals surface area contributed by atoms with Crippen molar-refractivity contribution in [2.75, 3.05) is 6.54 Å². The van der Waals surface area contributed by atoms with Crippen LogP contribution in [-0.4, -0.2) is 24.6 Å². The molecule has 1 fully saturated rings. The smallest absolute Gasteiger partial charge is 0.253 e. The lowest BCUT2D eigenvalue weighted by atomic mass is 9.88. The monoisotopic (exact) mass is 375 g/mol. The van der Waals surface area contributed by atoms with E-state index in [2.05, 4.69) is 15.8 Å². The molecule has 1 saturated heterocycles. The molecule has 3 rings (SSSR count). The Balaban J connectivity index is 1.73. The molecule has 5 nitrogen and oxygen atoms in total. The Hall–Kier alpha value is -2.37. The zero-order valence-electron chi connectivity index (χ0n) is 13.1. The zero-order chi connectivity index (χ0) is 17.8. The van der Waals surface area contributed by atoms with Crippen molar-refractivity contribution in [1.29, 1.82) is 0 Å². The standard InChI is InChI=1S/C18H15Cl2N3O2/c19-14-7-4-8-15(20)13(14)10-22-23-18(25)16-12(9-21-17(16)24)11-5-2-1-3-6-11/h1-8,10,12,16H,9H2,(H,21,24)(H,23,25)/t12-,16-/m1/s1. The lowest BCUT2D eigenvalue weighted by Crippen LogP contribution is -2.34. The summed E-state index contributed by atoms with van der Waals surface area (Å²) in [6.07, 6.45) is 1.37. The number of nitrogens with zero attached hydrogens (tertiary/aromatic N) is 1. The van der Waals surface area contributed by atoms with Gasteiger partial charge < -0.3 is 5.32 Å². The van der Waals surface area contributed by atoms with Crippen molar-refractivity contribution in [1.82, 2.24) is 10.7 Å². The van der Waals surface area contributed by atoms with E-state index in [4.69, 9.17) is 23.2 Å². The molecular formula is C18H15Cl2N3O2. The number of halogens is 2. The Kier molecular flexibility index (Phi) is 5.36. The van der Waals surface area contributed by atoms with Crippen molar-refractivity contribution in [3.63, 3.8) is 0 Å². The maximum atomic E-state index is 12.4. The van der Waals surface area contributed by atoms with E-state index in [1.807, 2.05) is 30.3 Å². The summed E-state index contributed by atoms with van der Waals surface area (Å²) in [6, 6.07) is 14.5. The molecule has 1 heterocycles. The Labute approximate surface area is 155 Å². The molecule has 0 aliphatic carbocycles. The van der Waals surface area contributed by atoms with Crippen LogP contribution in [0.3, 0.4) is 0 Å². The molecule has 1 aliphatic rings. The van der Waals surface area contributed by atoms with Gasteiger partial charge in [0, 0.05) is 18.0 Å². The van der Waals surface area contributed by atoms with Gasteiger partial charge in [-0.2, -0.15) is 5.10 Å². The second kappa shape index (κ2) is 7.68. The summed E-state index contributed by atoms with van der Waals surface area (Å²) in [5, 5.41) is 7.47. The lowest BCUT2D eigenvalue weighted by molar-refractivity contribution is -0.133. The Morgan fingerprint density at radius 2 is 1.80 bits per heavy atom. The normalized spacial score (nSPS) is 19.8. The minimum atomic E-state index is -0.832. The Morgan fingerprint density at radius 3 is 2.48 bits per heavy atom. The van der Waals surface area contributed by atoms with E-state index in [9.17, 15) is 9.59 Å². The second-order valence-corrected chi connectivity index (χ2v) is 6.42. The highest BCUT2D eigenvalue weighted by Gasteiger charge is 2.40. The number of hydrazone groups is 1. The maximum Gasteiger partial charge on any atom is 0.253 e. The SMILES string of the molecule is O=C1NC[C@H](c2ccccc2)[C@H]1C(=O)NN=Cc1c(Cl)cccc1Cl. The Bertz CT molecular complexity index is 804. The van der Waals surface area contributed by atoms with Gasteiger partial charge in [0.2, 0.25) is 5.91 Å². The molecule has 2 amide bonds. The van der Waals surface area contributed by atoms with Crippen LogP contribution in [0.15, 0.2) is 53.6 Å². The third-order valence-corrected chi connectivity index (χ3v) is 4.72. The highest BCUT2D eigenvalue weighted by atomic mass is 35.5. The number of nitrogens with one attached hydrogen (secondary N) is 2. The minimum absolute atomic E-state index is 0.229. The third kappa shape index (κ3) is 3.83. The molecule has 2 aromatic carbocycles. The first-order valence-electron chi connectivity index (χ1n) is 7.67. The number of carbonyl (C=O) groups is 2. The first-order valence-corrected chi connectivity index (χ1v) is 8.43. The Morgan fingerprint density at radius 1 is 1.12 bits per heavy atom. The molecule has 0 aromatic heterocycles. The van der Waals surface area contributed by atoms with Crippen molar-refractivity contribution in [2.24, 2.45) is 11.0 Å². The van der Waals surface area contributed by atoms with E-state index in [-0.39, 0.29) is 11.8 Å². The van der Waals surface area contributed by atoms with Crippen LogP contribution in [0.2, 0.25) is 10.0 Å². The van der Waals surface area contributed by atoms with Gasteiger partial charge in [-0.15, -0.1) is 0 Å². The number of hydrogen-bond donors (Lipinski definition) is 2. The number of carbonyl (C=O) groups excluding carboxylic acids is 2. The summed E-state index contributed by atoms with van der Waals surface area (Å²) in [4.78, 5) is 24.5. The molecule has 128 valence electrons. The fourth-order valence-electron chi connectivity index (χ4n) is 2.80. The molecule has 0 spiro atoms. The van der Waals surface area contributed by atoms with Crippen LogP contribution in [0.25, 0.3) is 0 Å². The summed E-state index contributed by atoms with van der Waals surface area (Å²) in [7, 11) is 0. The van der Waals surface area contributed by atoms with E-state index < -0.39 is 11.8 Å². The second-order valence-electron chi connectivity index (χ2n) is 5.61. The van der Waals surface area contributed by atoms with Gasteiger partial charge in [0.15, 0.2) is 0 Å². The van der Waals surface area contributed by atoms with E-state index in [1.165, 1.54) is 6.21 Å². The predicted octanol–water partition coefficient (Wildman–Crippen LogP) is 2.97. The van der Waals surface area contributed by atoms with Gasteiger partial charge in [0.1, 0.15) is 5.92 Å². The van der Waals surface area contributed by atoms with E-state index >= 15 is 0 Å². The van der Waals surface area contributed by atoms with Crippen molar-refractivity contribution in [3.8, 4) is 0 Å². The van der Waals surface area contributed by atoms with Crippen LogP contribution in [0.4, 0.5) is 0 Å². The number of benzene rings is 2. The van der Waals surface area contributed by atoms with Gasteiger partial charge in [0.25, 0.3) is 5.91 Å². The van der Waals surface area contributed by atoms with E-state index in [1.54, 1.807) is 18.2 Å². The van der Waals surface area contributed by atoms with Crippen LogP contribution in [0.5, 0.6) is 0 Å². The largest absolute Gasteiger partial charge is 0.355 e. The summed E-state index contributed by atoms with van der Waals surface area (Å²) in [6.45, 7) is 0.418. The van der Waals surface area contributed by atoms with Gasteiger partial charge in [0.05, 0.1) is 16.3 Å². The average Bonchev–Trinajstić information content (AvgIpc) is 3.00. The molecule has 2 N–H and O–H groups in total. The third-order valence-electron chi connectivity index (χ3n) is 4.06. The fraction of sp³-hybridized carbons (Fsp3) is 0.167. The van der Waals surface area contributed by atoms with Crippen molar-refractivity contribution < 1.29 is 9.59 Å². The van der Waals surface area contributed by atoms with Crippen LogP contribution < -0.4 is 10.7 Å². The summed E-state index contributed by atoms with van der Waals surface area (Å²) >= 11 is 12.1. The molecule has 0 unspecified atom stereocenters. The highest BCUT2D eigenvalue weighted by Crippen LogP contribution is 2.29. The zero-order valence-corrected chi connectivity index (χ0v) is 14.6. The summed E-state index contributed by atoms with van der Waals surface area (Å²) in [5.41, 5.74) is 3.84. The lowest BCUT2D eigenvalue weighted by Gasteiger charge is -2.15. The molecule has 0 saturated carbocycles. The van der Waals surface area contributed by atoms with Crippen LogP contribution >= 0.6 is 23.2 Å². The molecule has 1 aliphatic heterocycles. The van der Waals surface area contributed by atoms with Gasteiger partial charge in [-0.05, 0) is 17.7 Å². The van der Waals surface area contributed by atoms with Crippen molar-refractivity contribution in [2.45, 2.75) is 5.92 Å². The molecule has 25 heavy (non-hydrogen) atoms. The molecule has 2 atom stereocenters. The first-order chi connectivity index (χ1) is 12.1. The molecule has 7 heteroatoms. The fourth-order valence-corrected chi connectivity index (χ4v) is 3.29. The van der Waals surface area contributed by atoms with E-state index in [0.717, 1.165) is 5.56 Å². The highest BCUT2D eigenvalue weighted by molar-refractivity contribution is 6.38. The quantitative estimate of drug-likeness (QED) is 0.489. The van der Waals surface area contributed by atoms with Crippen LogP contribution in [0, 0.1) is 5.92 Å². The van der Waals surface area contributed by atoms with Crippen molar-refractivity contribution in [3.05, 3.63) is 69.7 Å². The first kappa shape index (κ1) is 17.5. The summed E-state index contributed by atoms with van der Waals surface area (Å²) in [5.74, 6) is -1.84. The van der Waals surface area contributed by atoms with Gasteiger partial charge in [-0.25, -0.2) is 5.43 Å². The van der Waals surface area contributed by atoms with Gasteiger partial charge in [-0.1, -0.05) is 59.6 Å². The number of amides is 2. The topological polar surface area (TPSA) is 70.6 Å². The van der Waals surface area contributed by atoms with Gasteiger partial charge in [-0.3, -0.25) is 9.59 Å². The number of hydrogen-bond acceptors (Lipinski definition) is 3. The molecular weight excluding hydrogens is 361 g/mol. The number of rotatable bonds is 4. The molecule has 0 bridgehead atoms. The van der Waals surface area contributed by atoms with Gasteiger partial charge >= 0.3 is 0 Å². The maximum absolute atomic E-state index is 12.4. The summed E-state index contributed by atoms with van der Waals surface area (Å²) < 4.78 is 0. The predicted molar refractivity (Wildman–Crippen MR) is 97.9 cm³/mol.